The molecule has 1 amide bonds. The first-order valence-corrected chi connectivity index (χ1v) is 12.3. The Morgan fingerprint density at radius 3 is 2.67 bits per heavy atom. The number of hydrogen-bond acceptors (Lipinski definition) is 9. The number of methoxy groups -OCH3 is 2. The molecule has 3 heterocycles. The molecule has 1 aliphatic rings. The number of rotatable bonds is 7. The first-order chi connectivity index (χ1) is 15.8. The molecule has 0 N–H and O–H groups in total. The number of amides is 1. The number of thioether (sulfide) groups is 1. The van der Waals surface area contributed by atoms with Crippen LogP contribution in [0.1, 0.15) is 43.7 Å². The van der Waals surface area contributed by atoms with Gasteiger partial charge in [0, 0.05) is 6.42 Å². The maximum Gasteiger partial charge on any atom is 0.253 e. The summed E-state index contributed by atoms with van der Waals surface area (Å²) in [6.45, 7) is 6.04. The minimum Gasteiger partial charge on any atom is -0.493 e. The van der Waals surface area contributed by atoms with Gasteiger partial charge in [0.1, 0.15) is 0 Å². The quantitative estimate of drug-likeness (QED) is 0.466. The summed E-state index contributed by atoms with van der Waals surface area (Å²) in [5.41, 5.74) is 1.54. The van der Waals surface area contributed by atoms with Crippen LogP contribution in [0.15, 0.2) is 46.0 Å². The van der Waals surface area contributed by atoms with Gasteiger partial charge in [0.2, 0.25) is 5.16 Å². The van der Waals surface area contributed by atoms with Crippen LogP contribution >= 0.6 is 23.1 Å². The van der Waals surface area contributed by atoms with Crippen LogP contribution in [0, 0.1) is 0 Å². The van der Waals surface area contributed by atoms with Gasteiger partial charge in [-0.1, -0.05) is 23.9 Å². The fourth-order valence-corrected chi connectivity index (χ4v) is 5.17. The fourth-order valence-electron chi connectivity index (χ4n) is 3.53. The number of tetrazole rings is 1. The topological polar surface area (TPSA) is 94.7 Å². The SMILES string of the molecule is COc1ccc(C2CC(c3cccs3)=NN2C(=O)CSc2nnnn2C(C)(C)C)cc1OC. The average molecular weight is 487 g/mol. The number of hydrogen-bond donors (Lipinski definition) is 0. The molecule has 1 aromatic carbocycles. The van der Waals surface area contributed by atoms with Crippen LogP contribution in [0.3, 0.4) is 0 Å². The van der Waals surface area contributed by atoms with Crippen LogP contribution in [0.2, 0.25) is 0 Å². The summed E-state index contributed by atoms with van der Waals surface area (Å²) in [5.74, 6) is 1.31. The van der Waals surface area contributed by atoms with Crippen LogP contribution in [-0.4, -0.2) is 56.8 Å². The summed E-state index contributed by atoms with van der Waals surface area (Å²) in [6, 6.07) is 9.48. The van der Waals surface area contributed by atoms with E-state index in [-0.39, 0.29) is 23.2 Å². The molecule has 1 aliphatic heterocycles. The van der Waals surface area contributed by atoms with Crippen molar-refractivity contribution in [2.75, 3.05) is 20.0 Å². The molecule has 0 fully saturated rings. The Balaban J connectivity index is 1.60. The Kier molecular flexibility index (Phi) is 6.71. The molecule has 1 atom stereocenters. The van der Waals surface area contributed by atoms with E-state index in [4.69, 9.17) is 14.6 Å². The van der Waals surface area contributed by atoms with Gasteiger partial charge in [-0.2, -0.15) is 5.10 Å². The van der Waals surface area contributed by atoms with Gasteiger partial charge < -0.3 is 9.47 Å². The Hall–Kier alpha value is -2.92. The summed E-state index contributed by atoms with van der Waals surface area (Å²) in [5, 5.41) is 20.8. The molecule has 174 valence electrons. The van der Waals surface area contributed by atoms with E-state index in [2.05, 4.69) is 15.5 Å². The summed E-state index contributed by atoms with van der Waals surface area (Å²) in [4.78, 5) is 14.4. The Labute approximate surface area is 200 Å². The maximum absolute atomic E-state index is 13.3. The van der Waals surface area contributed by atoms with E-state index in [9.17, 15) is 4.79 Å². The predicted octanol–water partition coefficient (Wildman–Crippen LogP) is 3.98. The van der Waals surface area contributed by atoms with E-state index in [0.29, 0.717) is 23.1 Å². The summed E-state index contributed by atoms with van der Waals surface area (Å²) >= 11 is 2.92. The number of hydrazone groups is 1. The number of carbonyl (C=O) groups excluding carboxylic acids is 1. The van der Waals surface area contributed by atoms with Gasteiger partial charge in [0.25, 0.3) is 5.91 Å². The molecular weight excluding hydrogens is 460 g/mol. The van der Waals surface area contributed by atoms with Crippen molar-refractivity contribution in [1.82, 2.24) is 25.2 Å². The second-order valence-corrected chi connectivity index (χ2v) is 10.3. The van der Waals surface area contributed by atoms with Crippen molar-refractivity contribution in [3.05, 3.63) is 46.2 Å². The van der Waals surface area contributed by atoms with Gasteiger partial charge in [-0.05, 0) is 60.3 Å². The normalized spacial score (nSPS) is 16.1. The summed E-state index contributed by atoms with van der Waals surface area (Å²) in [7, 11) is 3.20. The van der Waals surface area contributed by atoms with Crippen molar-refractivity contribution >= 4 is 34.7 Å². The monoisotopic (exact) mass is 486 g/mol. The second-order valence-electron chi connectivity index (χ2n) is 8.43. The highest BCUT2D eigenvalue weighted by molar-refractivity contribution is 7.99. The zero-order valence-corrected chi connectivity index (χ0v) is 20.8. The van der Waals surface area contributed by atoms with Crippen LogP contribution in [-0.2, 0) is 10.3 Å². The van der Waals surface area contributed by atoms with Crippen molar-refractivity contribution in [2.45, 2.75) is 43.9 Å². The van der Waals surface area contributed by atoms with E-state index >= 15 is 0 Å². The molecule has 9 nitrogen and oxygen atoms in total. The van der Waals surface area contributed by atoms with E-state index < -0.39 is 0 Å². The third-order valence-electron chi connectivity index (χ3n) is 5.16. The Bertz CT molecular complexity index is 1150. The van der Waals surface area contributed by atoms with Crippen molar-refractivity contribution in [3.63, 3.8) is 0 Å². The lowest BCUT2D eigenvalue weighted by Gasteiger charge is -2.23. The number of carbonyl (C=O) groups is 1. The van der Waals surface area contributed by atoms with Gasteiger partial charge >= 0.3 is 0 Å². The average Bonchev–Trinajstić information content (AvgIpc) is 3.56. The molecule has 2 aromatic heterocycles. The number of thiophene rings is 1. The summed E-state index contributed by atoms with van der Waals surface area (Å²) in [6.07, 6.45) is 0.617. The van der Waals surface area contributed by atoms with Gasteiger partial charge in [0.05, 0.1) is 42.1 Å². The van der Waals surface area contributed by atoms with Gasteiger partial charge in [-0.25, -0.2) is 9.69 Å². The molecule has 0 bridgehead atoms. The lowest BCUT2D eigenvalue weighted by molar-refractivity contribution is -0.130. The van der Waals surface area contributed by atoms with Gasteiger partial charge in [0.15, 0.2) is 11.5 Å². The first kappa shape index (κ1) is 23.2. The summed E-state index contributed by atoms with van der Waals surface area (Å²) < 4.78 is 12.6. The van der Waals surface area contributed by atoms with Crippen LogP contribution in [0.25, 0.3) is 0 Å². The zero-order valence-electron chi connectivity index (χ0n) is 19.2. The van der Waals surface area contributed by atoms with Crippen molar-refractivity contribution < 1.29 is 14.3 Å². The van der Waals surface area contributed by atoms with Crippen LogP contribution in [0.5, 0.6) is 11.5 Å². The lowest BCUT2D eigenvalue weighted by atomic mass is 10.0. The molecule has 4 rings (SSSR count). The van der Waals surface area contributed by atoms with Crippen LogP contribution in [0.4, 0.5) is 0 Å². The molecule has 0 saturated heterocycles. The lowest BCUT2D eigenvalue weighted by Crippen LogP contribution is -2.29. The predicted molar refractivity (Wildman–Crippen MR) is 128 cm³/mol. The van der Waals surface area contributed by atoms with E-state index in [1.54, 1.807) is 35.2 Å². The highest BCUT2D eigenvalue weighted by Crippen LogP contribution is 2.38. The first-order valence-electron chi connectivity index (χ1n) is 10.4. The second kappa shape index (κ2) is 9.52. The Morgan fingerprint density at radius 2 is 2.00 bits per heavy atom. The van der Waals surface area contributed by atoms with E-state index in [1.165, 1.54) is 11.8 Å². The molecule has 0 spiro atoms. The number of benzene rings is 1. The smallest absolute Gasteiger partial charge is 0.253 e. The van der Waals surface area contributed by atoms with Gasteiger partial charge in [-0.3, -0.25) is 4.79 Å². The van der Waals surface area contributed by atoms with Crippen molar-refractivity contribution in [3.8, 4) is 11.5 Å². The molecule has 1 unspecified atom stereocenters. The van der Waals surface area contributed by atoms with Crippen LogP contribution < -0.4 is 9.47 Å². The zero-order chi connectivity index (χ0) is 23.6. The van der Waals surface area contributed by atoms with E-state index in [0.717, 1.165) is 16.2 Å². The highest BCUT2D eigenvalue weighted by atomic mass is 32.2. The third kappa shape index (κ3) is 4.88. The third-order valence-corrected chi connectivity index (χ3v) is 6.99. The molecular formula is C22H26N6O3S2. The van der Waals surface area contributed by atoms with Gasteiger partial charge in [-0.15, -0.1) is 16.4 Å². The molecule has 0 aliphatic carbocycles. The maximum atomic E-state index is 13.3. The highest BCUT2D eigenvalue weighted by Gasteiger charge is 2.34. The van der Waals surface area contributed by atoms with Crippen molar-refractivity contribution in [1.29, 1.82) is 0 Å². The fraction of sp³-hybridized carbons (Fsp3) is 0.409. The Morgan fingerprint density at radius 1 is 1.21 bits per heavy atom. The minimum atomic E-state index is -0.283. The number of nitrogens with zero attached hydrogens (tertiary/aromatic N) is 6. The molecule has 3 aromatic rings. The molecule has 11 heteroatoms. The number of ether oxygens (including phenoxy) is 2. The van der Waals surface area contributed by atoms with Crippen molar-refractivity contribution in [2.24, 2.45) is 5.10 Å². The largest absolute Gasteiger partial charge is 0.493 e. The molecule has 0 radical (unpaired) electrons. The standard InChI is InChI=1S/C22H26N6O3S2/c1-22(2,3)28-21(23-25-26-28)33-13-20(29)27-16(12-15(24-27)19-7-6-10-32-19)14-8-9-17(30-4)18(11-14)31-5/h6-11,16H,12-13H2,1-5H3. The minimum absolute atomic E-state index is 0.116. The molecule has 33 heavy (non-hydrogen) atoms. The number of aromatic nitrogens is 4. The molecule has 0 saturated carbocycles. The van der Waals surface area contributed by atoms with E-state index in [1.807, 2.05) is 56.5 Å².